The molecule has 0 atom stereocenters. The molecule has 4 nitrogen and oxygen atoms in total. The van der Waals surface area contributed by atoms with Crippen molar-refractivity contribution >= 4 is 11.6 Å². The van der Waals surface area contributed by atoms with Crippen LogP contribution in [0.4, 0.5) is 5.69 Å². The van der Waals surface area contributed by atoms with Crippen molar-refractivity contribution in [2.24, 2.45) is 0 Å². The highest BCUT2D eigenvalue weighted by atomic mass is 16.3. The Kier molecular flexibility index (Phi) is 6.07. The van der Waals surface area contributed by atoms with Crippen molar-refractivity contribution in [3.63, 3.8) is 0 Å². The minimum Gasteiger partial charge on any atom is -0.508 e. The molecule has 0 bridgehead atoms. The molecule has 2 aromatic rings. The van der Waals surface area contributed by atoms with Crippen LogP contribution in [0.15, 0.2) is 48.5 Å². The molecule has 0 unspecified atom stereocenters. The van der Waals surface area contributed by atoms with E-state index in [0.29, 0.717) is 6.42 Å². The Labute approximate surface area is 149 Å². The predicted octanol–water partition coefficient (Wildman–Crippen LogP) is 4.26. The Morgan fingerprint density at radius 2 is 1.76 bits per heavy atom. The zero-order chi connectivity index (χ0) is 17.5. The van der Waals surface area contributed by atoms with E-state index in [1.165, 1.54) is 25.9 Å². The van der Waals surface area contributed by atoms with Gasteiger partial charge in [-0.15, -0.1) is 0 Å². The van der Waals surface area contributed by atoms with Crippen LogP contribution in [-0.4, -0.2) is 35.5 Å². The molecule has 1 aliphatic rings. The van der Waals surface area contributed by atoms with Crippen molar-refractivity contribution in [2.45, 2.75) is 32.1 Å². The average molecular weight is 338 g/mol. The number of carbonyl (C=O) groups is 1. The molecule has 132 valence electrons. The van der Waals surface area contributed by atoms with Gasteiger partial charge in [-0.3, -0.25) is 4.79 Å². The van der Waals surface area contributed by atoms with E-state index in [9.17, 15) is 9.90 Å². The summed E-state index contributed by atoms with van der Waals surface area (Å²) in [4.78, 5) is 14.5. The number of amides is 1. The Balaban J connectivity index is 1.43. The standard InChI is InChI=1S/C21H26N2O2/c24-20-7-5-6-18(16-20)17-9-11-19(12-10-17)22-21(25)8-1-2-13-23-14-3-4-15-23/h5-7,9-12,16,24H,1-4,8,13-15H2,(H,22,25). The number of nitrogens with zero attached hydrogens (tertiary/aromatic N) is 1. The SMILES string of the molecule is O=C(CCCCN1CCCC1)Nc1ccc(-c2cccc(O)c2)cc1. The molecule has 4 heteroatoms. The van der Waals surface area contributed by atoms with Crippen molar-refractivity contribution in [1.82, 2.24) is 4.90 Å². The van der Waals surface area contributed by atoms with Gasteiger partial charge in [-0.25, -0.2) is 0 Å². The largest absolute Gasteiger partial charge is 0.508 e. The molecule has 0 spiro atoms. The summed E-state index contributed by atoms with van der Waals surface area (Å²) in [7, 11) is 0. The molecular weight excluding hydrogens is 312 g/mol. The van der Waals surface area contributed by atoms with Gasteiger partial charge in [0.15, 0.2) is 0 Å². The first-order chi connectivity index (χ1) is 12.2. The van der Waals surface area contributed by atoms with E-state index in [0.717, 1.165) is 36.2 Å². The predicted molar refractivity (Wildman–Crippen MR) is 102 cm³/mol. The van der Waals surface area contributed by atoms with Crippen LogP contribution in [0.5, 0.6) is 5.75 Å². The highest BCUT2D eigenvalue weighted by molar-refractivity contribution is 5.90. The molecule has 0 saturated carbocycles. The highest BCUT2D eigenvalue weighted by Gasteiger charge is 2.10. The zero-order valence-corrected chi connectivity index (χ0v) is 14.6. The van der Waals surface area contributed by atoms with E-state index in [1.807, 2.05) is 36.4 Å². The van der Waals surface area contributed by atoms with Crippen LogP contribution in [0.2, 0.25) is 0 Å². The topological polar surface area (TPSA) is 52.6 Å². The Morgan fingerprint density at radius 1 is 1.00 bits per heavy atom. The molecule has 1 aliphatic heterocycles. The van der Waals surface area contributed by atoms with Gasteiger partial charge in [0.25, 0.3) is 0 Å². The number of rotatable bonds is 7. The van der Waals surface area contributed by atoms with Gasteiger partial charge in [-0.05, 0) is 80.7 Å². The van der Waals surface area contributed by atoms with Crippen LogP contribution in [-0.2, 0) is 4.79 Å². The number of nitrogens with one attached hydrogen (secondary N) is 1. The zero-order valence-electron chi connectivity index (χ0n) is 14.6. The summed E-state index contributed by atoms with van der Waals surface area (Å²) < 4.78 is 0. The fraction of sp³-hybridized carbons (Fsp3) is 0.381. The second-order valence-electron chi connectivity index (χ2n) is 6.68. The van der Waals surface area contributed by atoms with E-state index < -0.39 is 0 Å². The van der Waals surface area contributed by atoms with E-state index >= 15 is 0 Å². The number of anilines is 1. The lowest BCUT2D eigenvalue weighted by atomic mass is 10.1. The smallest absolute Gasteiger partial charge is 0.224 e. The fourth-order valence-electron chi connectivity index (χ4n) is 3.28. The molecule has 25 heavy (non-hydrogen) atoms. The average Bonchev–Trinajstić information content (AvgIpc) is 3.13. The van der Waals surface area contributed by atoms with Crippen LogP contribution >= 0.6 is 0 Å². The van der Waals surface area contributed by atoms with E-state index in [4.69, 9.17) is 0 Å². The lowest BCUT2D eigenvalue weighted by Gasteiger charge is -2.13. The second kappa shape index (κ2) is 8.67. The fourth-order valence-corrected chi connectivity index (χ4v) is 3.28. The summed E-state index contributed by atoms with van der Waals surface area (Å²) in [5, 5.41) is 12.5. The normalized spacial score (nSPS) is 14.6. The molecule has 1 heterocycles. The molecule has 0 aliphatic carbocycles. The Bertz CT molecular complexity index is 691. The van der Waals surface area contributed by atoms with Gasteiger partial charge in [0.05, 0.1) is 0 Å². The monoisotopic (exact) mass is 338 g/mol. The van der Waals surface area contributed by atoms with Gasteiger partial charge in [0, 0.05) is 12.1 Å². The summed E-state index contributed by atoms with van der Waals surface area (Å²) in [5.41, 5.74) is 2.78. The van der Waals surface area contributed by atoms with Crippen molar-refractivity contribution in [1.29, 1.82) is 0 Å². The summed E-state index contributed by atoms with van der Waals surface area (Å²) in [6.07, 6.45) is 5.23. The number of carbonyl (C=O) groups excluding carboxylic acids is 1. The molecule has 0 aromatic heterocycles. The Hall–Kier alpha value is -2.33. The molecule has 3 rings (SSSR count). The van der Waals surface area contributed by atoms with Crippen LogP contribution in [0.1, 0.15) is 32.1 Å². The van der Waals surface area contributed by atoms with E-state index in [-0.39, 0.29) is 11.7 Å². The van der Waals surface area contributed by atoms with Crippen LogP contribution < -0.4 is 5.32 Å². The van der Waals surface area contributed by atoms with Crippen LogP contribution in [0, 0.1) is 0 Å². The van der Waals surface area contributed by atoms with Crippen molar-refractivity contribution < 1.29 is 9.90 Å². The number of benzene rings is 2. The molecule has 1 saturated heterocycles. The number of phenols is 1. The summed E-state index contributed by atoms with van der Waals surface area (Å²) in [5.74, 6) is 0.329. The lowest BCUT2D eigenvalue weighted by Crippen LogP contribution is -2.20. The molecule has 0 radical (unpaired) electrons. The van der Waals surface area contributed by atoms with Crippen LogP contribution in [0.3, 0.4) is 0 Å². The third-order valence-electron chi connectivity index (χ3n) is 4.68. The molecule has 1 amide bonds. The number of likely N-dealkylation sites (tertiary alicyclic amines) is 1. The molecule has 1 fully saturated rings. The molecule has 2 N–H and O–H groups in total. The van der Waals surface area contributed by atoms with Crippen molar-refractivity contribution in [3.8, 4) is 16.9 Å². The minimum atomic E-state index is 0.0755. The minimum absolute atomic E-state index is 0.0755. The summed E-state index contributed by atoms with van der Waals surface area (Å²) >= 11 is 0. The first-order valence-electron chi connectivity index (χ1n) is 9.12. The first-order valence-corrected chi connectivity index (χ1v) is 9.12. The third-order valence-corrected chi connectivity index (χ3v) is 4.68. The van der Waals surface area contributed by atoms with Crippen LogP contribution in [0.25, 0.3) is 11.1 Å². The molecule has 2 aromatic carbocycles. The van der Waals surface area contributed by atoms with Gasteiger partial charge in [0.2, 0.25) is 5.91 Å². The number of phenolic OH excluding ortho intramolecular Hbond substituents is 1. The highest BCUT2D eigenvalue weighted by Crippen LogP contribution is 2.24. The second-order valence-corrected chi connectivity index (χ2v) is 6.68. The van der Waals surface area contributed by atoms with Crippen molar-refractivity contribution in [3.05, 3.63) is 48.5 Å². The van der Waals surface area contributed by atoms with E-state index in [2.05, 4.69) is 10.2 Å². The maximum Gasteiger partial charge on any atom is 0.224 e. The number of hydrogen-bond donors (Lipinski definition) is 2. The number of unbranched alkanes of at least 4 members (excludes halogenated alkanes) is 1. The lowest BCUT2D eigenvalue weighted by molar-refractivity contribution is -0.116. The molecular formula is C21H26N2O2. The van der Waals surface area contributed by atoms with Gasteiger partial charge in [-0.2, -0.15) is 0 Å². The third kappa shape index (κ3) is 5.33. The first kappa shape index (κ1) is 17.5. The maximum absolute atomic E-state index is 12.1. The van der Waals surface area contributed by atoms with Gasteiger partial charge < -0.3 is 15.3 Å². The summed E-state index contributed by atoms with van der Waals surface area (Å²) in [6.45, 7) is 3.56. The van der Waals surface area contributed by atoms with Crippen molar-refractivity contribution in [2.75, 3.05) is 25.0 Å². The quantitative estimate of drug-likeness (QED) is 0.742. The maximum atomic E-state index is 12.1. The van der Waals surface area contributed by atoms with Gasteiger partial charge in [-0.1, -0.05) is 24.3 Å². The number of aromatic hydroxyl groups is 1. The summed E-state index contributed by atoms with van der Waals surface area (Å²) in [6, 6.07) is 14.9. The van der Waals surface area contributed by atoms with E-state index in [1.54, 1.807) is 12.1 Å². The van der Waals surface area contributed by atoms with Gasteiger partial charge in [0.1, 0.15) is 5.75 Å². The number of hydrogen-bond acceptors (Lipinski definition) is 3. The van der Waals surface area contributed by atoms with Gasteiger partial charge >= 0.3 is 0 Å². The Morgan fingerprint density at radius 3 is 2.48 bits per heavy atom.